The van der Waals surface area contributed by atoms with Crippen LogP contribution in [-0.4, -0.2) is 21.0 Å². The molecule has 0 aromatic heterocycles. The maximum absolute atomic E-state index is 11.4. The van der Waals surface area contributed by atoms with E-state index in [1.807, 2.05) is 0 Å². The molecule has 0 aliphatic carbocycles. The third kappa shape index (κ3) is 4.00. The van der Waals surface area contributed by atoms with Gasteiger partial charge in [-0.15, -0.1) is 0 Å². The molecule has 0 aliphatic rings. The molecule has 0 fully saturated rings. The standard InChI is InChI=1S/C9H18O2S/c1-5-7(2)6-12(11)9(4)8(3)10/h7,9H,5-6H2,1-4H3. The highest BCUT2D eigenvalue weighted by atomic mass is 32.2. The summed E-state index contributed by atoms with van der Waals surface area (Å²) in [4.78, 5) is 10.9. The highest BCUT2D eigenvalue weighted by Crippen LogP contribution is 2.07. The molecule has 3 unspecified atom stereocenters. The number of rotatable bonds is 5. The Morgan fingerprint density at radius 2 is 1.92 bits per heavy atom. The third-order valence-corrected chi connectivity index (χ3v) is 4.13. The molecule has 3 atom stereocenters. The summed E-state index contributed by atoms with van der Waals surface area (Å²) in [6.07, 6.45) is 1.02. The zero-order chi connectivity index (χ0) is 9.72. The molecule has 0 bridgehead atoms. The summed E-state index contributed by atoms with van der Waals surface area (Å²) >= 11 is 0. The predicted molar refractivity (Wildman–Crippen MR) is 52.6 cm³/mol. The first-order valence-electron chi connectivity index (χ1n) is 4.36. The number of hydrogen-bond donors (Lipinski definition) is 0. The van der Waals surface area contributed by atoms with Crippen LogP contribution in [0.4, 0.5) is 0 Å². The van der Waals surface area contributed by atoms with Crippen LogP contribution in [0.5, 0.6) is 0 Å². The molecule has 0 spiro atoms. The summed E-state index contributed by atoms with van der Waals surface area (Å²) < 4.78 is 11.4. The van der Waals surface area contributed by atoms with Crippen LogP contribution in [-0.2, 0) is 15.6 Å². The van der Waals surface area contributed by atoms with Gasteiger partial charge in [0.1, 0.15) is 5.78 Å². The van der Waals surface area contributed by atoms with E-state index in [-0.39, 0.29) is 11.0 Å². The molecule has 0 aromatic carbocycles. The summed E-state index contributed by atoms with van der Waals surface area (Å²) in [5.41, 5.74) is 0. The van der Waals surface area contributed by atoms with Crippen molar-refractivity contribution in [3.05, 3.63) is 0 Å². The van der Waals surface area contributed by atoms with E-state index < -0.39 is 10.8 Å². The summed E-state index contributed by atoms with van der Waals surface area (Å²) in [6.45, 7) is 7.37. The topological polar surface area (TPSA) is 34.1 Å². The number of ketones is 1. The van der Waals surface area contributed by atoms with E-state index in [1.54, 1.807) is 6.92 Å². The number of Topliss-reactive ketones (excluding diaryl/α,β-unsaturated/α-hetero) is 1. The molecular weight excluding hydrogens is 172 g/mol. The van der Waals surface area contributed by atoms with E-state index >= 15 is 0 Å². The lowest BCUT2D eigenvalue weighted by molar-refractivity contribution is -0.116. The maximum Gasteiger partial charge on any atom is 0.145 e. The Balaban J connectivity index is 3.95. The third-order valence-electron chi connectivity index (χ3n) is 2.11. The van der Waals surface area contributed by atoms with Crippen LogP contribution in [0, 0.1) is 5.92 Å². The number of hydrogen-bond acceptors (Lipinski definition) is 2. The normalized spacial score (nSPS) is 18.3. The minimum absolute atomic E-state index is 0.0247. The predicted octanol–water partition coefficient (Wildman–Crippen LogP) is 1.76. The van der Waals surface area contributed by atoms with Gasteiger partial charge in [0.05, 0.1) is 5.25 Å². The Bertz CT molecular complexity index is 177. The molecule has 2 nitrogen and oxygen atoms in total. The van der Waals surface area contributed by atoms with E-state index in [1.165, 1.54) is 6.92 Å². The average molecular weight is 190 g/mol. The minimum atomic E-state index is -0.974. The van der Waals surface area contributed by atoms with Crippen molar-refractivity contribution in [2.24, 2.45) is 5.92 Å². The fourth-order valence-electron chi connectivity index (χ4n) is 0.728. The molecule has 0 aliphatic heterocycles. The summed E-state index contributed by atoms with van der Waals surface area (Å²) in [6, 6.07) is 0. The van der Waals surface area contributed by atoms with Gasteiger partial charge in [0.25, 0.3) is 0 Å². The van der Waals surface area contributed by atoms with Crippen LogP contribution < -0.4 is 0 Å². The molecule has 3 heteroatoms. The van der Waals surface area contributed by atoms with E-state index in [0.717, 1.165) is 6.42 Å². The first-order valence-corrected chi connectivity index (χ1v) is 5.74. The largest absolute Gasteiger partial charge is 0.299 e. The first-order chi connectivity index (χ1) is 5.49. The smallest absolute Gasteiger partial charge is 0.145 e. The van der Waals surface area contributed by atoms with E-state index in [9.17, 15) is 9.00 Å². The average Bonchev–Trinajstić information content (AvgIpc) is 2.02. The van der Waals surface area contributed by atoms with Gasteiger partial charge in [-0.1, -0.05) is 20.3 Å². The van der Waals surface area contributed by atoms with Crippen molar-refractivity contribution in [3.63, 3.8) is 0 Å². The molecule has 0 saturated heterocycles. The van der Waals surface area contributed by atoms with Crippen molar-refractivity contribution < 1.29 is 9.00 Å². The van der Waals surface area contributed by atoms with Crippen molar-refractivity contribution in [2.45, 2.75) is 39.4 Å². The molecule has 0 rings (SSSR count). The van der Waals surface area contributed by atoms with Crippen LogP contribution in [0.1, 0.15) is 34.1 Å². The van der Waals surface area contributed by atoms with Crippen molar-refractivity contribution >= 4 is 16.6 Å². The Kier molecular flexibility index (Phi) is 5.38. The van der Waals surface area contributed by atoms with Crippen LogP contribution >= 0.6 is 0 Å². The van der Waals surface area contributed by atoms with E-state index in [2.05, 4.69) is 13.8 Å². The molecule has 72 valence electrons. The second-order valence-electron chi connectivity index (χ2n) is 3.31. The molecular formula is C9H18O2S. The lowest BCUT2D eigenvalue weighted by Crippen LogP contribution is -2.24. The van der Waals surface area contributed by atoms with Gasteiger partial charge in [-0.25, -0.2) is 0 Å². The fourth-order valence-corrected chi connectivity index (χ4v) is 2.18. The van der Waals surface area contributed by atoms with Gasteiger partial charge in [0, 0.05) is 16.6 Å². The zero-order valence-electron chi connectivity index (χ0n) is 8.29. The first kappa shape index (κ1) is 11.8. The zero-order valence-corrected chi connectivity index (χ0v) is 9.11. The van der Waals surface area contributed by atoms with Crippen molar-refractivity contribution in [3.8, 4) is 0 Å². The van der Waals surface area contributed by atoms with Gasteiger partial charge in [-0.2, -0.15) is 0 Å². The highest BCUT2D eigenvalue weighted by Gasteiger charge is 2.17. The molecule has 0 aromatic rings. The SMILES string of the molecule is CCC(C)CS(=O)C(C)C(C)=O. The Morgan fingerprint density at radius 3 is 2.25 bits per heavy atom. The van der Waals surface area contributed by atoms with Crippen LogP contribution in [0.3, 0.4) is 0 Å². The molecule has 12 heavy (non-hydrogen) atoms. The van der Waals surface area contributed by atoms with Gasteiger partial charge in [0.15, 0.2) is 0 Å². The Labute approximate surface area is 77.2 Å². The van der Waals surface area contributed by atoms with Crippen LogP contribution in [0.15, 0.2) is 0 Å². The van der Waals surface area contributed by atoms with Gasteiger partial charge >= 0.3 is 0 Å². The number of carbonyl (C=O) groups is 1. The second kappa shape index (κ2) is 5.46. The van der Waals surface area contributed by atoms with Gasteiger partial charge in [-0.05, 0) is 19.8 Å². The summed E-state index contributed by atoms with van der Waals surface area (Å²) in [5.74, 6) is 1.13. The lowest BCUT2D eigenvalue weighted by atomic mass is 10.2. The van der Waals surface area contributed by atoms with Crippen molar-refractivity contribution in [1.82, 2.24) is 0 Å². The van der Waals surface area contributed by atoms with Crippen molar-refractivity contribution in [2.75, 3.05) is 5.75 Å². The van der Waals surface area contributed by atoms with E-state index in [4.69, 9.17) is 0 Å². The Hall–Kier alpha value is -0.180. The summed E-state index contributed by atoms with van der Waals surface area (Å²) in [5, 5.41) is -0.293. The van der Waals surface area contributed by atoms with Crippen LogP contribution in [0.2, 0.25) is 0 Å². The van der Waals surface area contributed by atoms with Crippen LogP contribution in [0.25, 0.3) is 0 Å². The van der Waals surface area contributed by atoms with Crippen molar-refractivity contribution in [1.29, 1.82) is 0 Å². The second-order valence-corrected chi connectivity index (χ2v) is 5.12. The lowest BCUT2D eigenvalue weighted by Gasteiger charge is -2.11. The quantitative estimate of drug-likeness (QED) is 0.662. The molecule has 0 radical (unpaired) electrons. The molecule has 0 N–H and O–H groups in total. The molecule has 0 amide bonds. The fraction of sp³-hybridized carbons (Fsp3) is 0.889. The highest BCUT2D eigenvalue weighted by molar-refractivity contribution is 7.86. The van der Waals surface area contributed by atoms with Gasteiger partial charge in [0.2, 0.25) is 0 Å². The monoisotopic (exact) mass is 190 g/mol. The minimum Gasteiger partial charge on any atom is -0.299 e. The Morgan fingerprint density at radius 1 is 1.42 bits per heavy atom. The summed E-state index contributed by atoms with van der Waals surface area (Å²) in [7, 11) is -0.974. The van der Waals surface area contributed by atoms with E-state index in [0.29, 0.717) is 11.7 Å². The maximum atomic E-state index is 11.4. The van der Waals surface area contributed by atoms with Gasteiger partial charge < -0.3 is 0 Å². The molecule has 0 saturated carbocycles. The number of carbonyl (C=O) groups excluding carboxylic acids is 1. The molecule has 0 heterocycles. The van der Waals surface area contributed by atoms with Gasteiger partial charge in [-0.3, -0.25) is 9.00 Å².